The number of anilines is 1. The number of carbonyl (C=O) groups excluding carboxylic acids is 2. The number of nitrogens with zero attached hydrogens (tertiary/aromatic N) is 2. The molecule has 0 aliphatic carbocycles. The molecule has 0 saturated carbocycles. The summed E-state index contributed by atoms with van der Waals surface area (Å²) in [7, 11) is -0.965. The largest absolute Gasteiger partial charge is 0.493 e. The van der Waals surface area contributed by atoms with Crippen LogP contribution in [0.1, 0.15) is 25.8 Å². The molecule has 0 aliphatic rings. The van der Waals surface area contributed by atoms with E-state index in [9.17, 15) is 18.0 Å². The maximum absolute atomic E-state index is 13.5. The van der Waals surface area contributed by atoms with Gasteiger partial charge in [-0.05, 0) is 43.2 Å². The van der Waals surface area contributed by atoms with Crippen molar-refractivity contribution in [2.24, 2.45) is 0 Å². The number of carbonyl (C=O) groups is 2. The Morgan fingerprint density at radius 3 is 2.34 bits per heavy atom. The van der Waals surface area contributed by atoms with Crippen molar-refractivity contribution in [3.05, 3.63) is 53.1 Å². The molecule has 35 heavy (non-hydrogen) atoms. The normalized spacial score (nSPS) is 11.9. The zero-order chi connectivity index (χ0) is 26.2. The van der Waals surface area contributed by atoms with Gasteiger partial charge in [-0.25, -0.2) is 8.42 Å². The minimum absolute atomic E-state index is 0.0731. The Morgan fingerprint density at radius 1 is 1.09 bits per heavy atom. The molecule has 0 spiro atoms. The molecule has 0 heterocycles. The van der Waals surface area contributed by atoms with E-state index >= 15 is 0 Å². The molecular weight excluding hydrogens is 494 g/mol. The molecule has 0 saturated heterocycles. The number of amides is 2. The second-order valence-corrected chi connectivity index (χ2v) is 10.3. The first-order chi connectivity index (χ1) is 16.5. The summed E-state index contributed by atoms with van der Waals surface area (Å²) in [5.74, 6) is -0.155. The standard InChI is InChI=1S/C24H32ClN3O6S/c1-6-12-26-24(30)17(2)27(15-18-8-7-9-19(25)13-18)23(29)16-28(35(5,31)32)20-10-11-21(33-3)22(14-20)34-4/h7-11,13-14,17H,6,12,15-16H2,1-5H3,(H,26,30). The Kier molecular flexibility index (Phi) is 10.2. The molecule has 0 radical (unpaired) electrons. The maximum atomic E-state index is 13.5. The number of ether oxygens (including phenoxy) is 2. The molecule has 2 amide bonds. The van der Waals surface area contributed by atoms with E-state index in [1.807, 2.05) is 6.92 Å². The molecule has 1 atom stereocenters. The van der Waals surface area contributed by atoms with Gasteiger partial charge < -0.3 is 19.7 Å². The van der Waals surface area contributed by atoms with Crippen molar-refractivity contribution in [2.75, 3.05) is 37.9 Å². The lowest BCUT2D eigenvalue weighted by atomic mass is 10.1. The van der Waals surface area contributed by atoms with Crippen LogP contribution in [0.25, 0.3) is 0 Å². The lowest BCUT2D eigenvalue weighted by molar-refractivity contribution is -0.139. The smallest absolute Gasteiger partial charge is 0.244 e. The van der Waals surface area contributed by atoms with Gasteiger partial charge in [-0.1, -0.05) is 30.7 Å². The SMILES string of the molecule is CCCNC(=O)C(C)N(Cc1cccc(Cl)c1)C(=O)CN(c1ccc(OC)c(OC)c1)S(C)(=O)=O. The second-order valence-electron chi connectivity index (χ2n) is 7.93. The quantitative estimate of drug-likeness (QED) is 0.456. The van der Waals surface area contributed by atoms with Crippen LogP contribution in [0.2, 0.25) is 5.02 Å². The molecule has 2 aromatic carbocycles. The van der Waals surface area contributed by atoms with Gasteiger partial charge in [0, 0.05) is 24.2 Å². The Labute approximate surface area is 212 Å². The fourth-order valence-corrected chi connectivity index (χ4v) is 4.46. The first-order valence-corrected chi connectivity index (χ1v) is 13.3. The minimum Gasteiger partial charge on any atom is -0.493 e. The molecule has 1 unspecified atom stereocenters. The second kappa shape index (κ2) is 12.6. The molecule has 2 aromatic rings. The summed E-state index contributed by atoms with van der Waals surface area (Å²) in [5, 5.41) is 3.27. The van der Waals surface area contributed by atoms with Crippen molar-refractivity contribution in [3.63, 3.8) is 0 Å². The number of methoxy groups -OCH3 is 2. The van der Waals surface area contributed by atoms with Gasteiger partial charge in [0.2, 0.25) is 21.8 Å². The third-order valence-corrected chi connectivity index (χ3v) is 6.67. The predicted molar refractivity (Wildman–Crippen MR) is 137 cm³/mol. The average molecular weight is 526 g/mol. The van der Waals surface area contributed by atoms with Crippen LogP contribution in [0.3, 0.4) is 0 Å². The summed E-state index contributed by atoms with van der Waals surface area (Å²) >= 11 is 6.10. The first-order valence-electron chi connectivity index (χ1n) is 11.0. The van der Waals surface area contributed by atoms with E-state index in [0.717, 1.165) is 17.0 Å². The van der Waals surface area contributed by atoms with Gasteiger partial charge in [0.05, 0.1) is 26.2 Å². The predicted octanol–water partition coefficient (Wildman–Crippen LogP) is 3.07. The third kappa shape index (κ3) is 7.76. The molecule has 11 heteroatoms. The first kappa shape index (κ1) is 28.3. The van der Waals surface area contributed by atoms with Crippen molar-refractivity contribution in [2.45, 2.75) is 32.9 Å². The zero-order valence-electron chi connectivity index (χ0n) is 20.6. The molecule has 0 aliphatic heterocycles. The summed E-state index contributed by atoms with van der Waals surface area (Å²) < 4.78 is 36.8. The highest BCUT2D eigenvalue weighted by Gasteiger charge is 2.30. The lowest BCUT2D eigenvalue weighted by Gasteiger charge is -2.31. The molecular formula is C24H32ClN3O6S. The number of hydrogen-bond donors (Lipinski definition) is 1. The van der Waals surface area contributed by atoms with Gasteiger partial charge in [-0.2, -0.15) is 0 Å². The van der Waals surface area contributed by atoms with E-state index in [1.54, 1.807) is 37.3 Å². The van der Waals surface area contributed by atoms with E-state index in [0.29, 0.717) is 28.6 Å². The summed E-state index contributed by atoms with van der Waals surface area (Å²) in [6.45, 7) is 3.55. The van der Waals surface area contributed by atoms with Gasteiger partial charge in [0.1, 0.15) is 12.6 Å². The van der Waals surface area contributed by atoms with Crippen molar-refractivity contribution in [3.8, 4) is 11.5 Å². The van der Waals surface area contributed by atoms with Crippen LogP contribution >= 0.6 is 11.6 Å². The van der Waals surface area contributed by atoms with Crippen molar-refractivity contribution in [1.29, 1.82) is 0 Å². The monoisotopic (exact) mass is 525 g/mol. The molecule has 1 N–H and O–H groups in total. The molecule has 0 bridgehead atoms. The van der Waals surface area contributed by atoms with Gasteiger partial charge in [-0.15, -0.1) is 0 Å². The fraction of sp³-hybridized carbons (Fsp3) is 0.417. The molecule has 0 aromatic heterocycles. The van der Waals surface area contributed by atoms with E-state index < -0.39 is 28.5 Å². The van der Waals surface area contributed by atoms with E-state index in [1.165, 1.54) is 31.3 Å². The van der Waals surface area contributed by atoms with Crippen LogP contribution in [0.5, 0.6) is 11.5 Å². The highest BCUT2D eigenvalue weighted by atomic mass is 35.5. The molecule has 0 fully saturated rings. The van der Waals surface area contributed by atoms with Crippen molar-refractivity contribution < 1.29 is 27.5 Å². The Hall–Kier alpha value is -2.98. The lowest BCUT2D eigenvalue weighted by Crippen LogP contribution is -2.51. The molecule has 192 valence electrons. The van der Waals surface area contributed by atoms with Crippen LogP contribution in [0, 0.1) is 0 Å². The van der Waals surface area contributed by atoms with Crippen LogP contribution < -0.4 is 19.1 Å². The van der Waals surface area contributed by atoms with Crippen LogP contribution in [-0.4, -0.2) is 64.7 Å². The highest BCUT2D eigenvalue weighted by Crippen LogP contribution is 2.32. The number of halogens is 1. The summed E-state index contributed by atoms with van der Waals surface area (Å²) in [6.07, 6.45) is 1.75. The number of sulfonamides is 1. The zero-order valence-corrected chi connectivity index (χ0v) is 22.1. The van der Waals surface area contributed by atoms with Gasteiger partial charge in [0.25, 0.3) is 0 Å². The van der Waals surface area contributed by atoms with Crippen LogP contribution in [0.4, 0.5) is 5.69 Å². The third-order valence-electron chi connectivity index (χ3n) is 5.29. The Morgan fingerprint density at radius 2 is 1.77 bits per heavy atom. The number of nitrogens with one attached hydrogen (secondary N) is 1. The van der Waals surface area contributed by atoms with Gasteiger partial charge >= 0.3 is 0 Å². The minimum atomic E-state index is -3.86. The number of benzene rings is 2. The van der Waals surface area contributed by atoms with Crippen LogP contribution in [0.15, 0.2) is 42.5 Å². The Bertz CT molecular complexity index is 1140. The summed E-state index contributed by atoms with van der Waals surface area (Å²) in [5.41, 5.74) is 0.933. The average Bonchev–Trinajstić information content (AvgIpc) is 2.82. The van der Waals surface area contributed by atoms with Crippen molar-refractivity contribution >= 4 is 39.1 Å². The topological polar surface area (TPSA) is 105 Å². The number of hydrogen-bond acceptors (Lipinski definition) is 6. The summed E-state index contributed by atoms with van der Waals surface area (Å²) in [4.78, 5) is 27.6. The van der Waals surface area contributed by atoms with Crippen molar-refractivity contribution in [1.82, 2.24) is 10.2 Å². The molecule has 2 rings (SSSR count). The summed E-state index contributed by atoms with van der Waals surface area (Å²) in [6, 6.07) is 10.6. The van der Waals surface area contributed by atoms with E-state index in [-0.39, 0.29) is 18.1 Å². The van der Waals surface area contributed by atoms with Gasteiger partial charge in [0.15, 0.2) is 11.5 Å². The Balaban J connectivity index is 2.42. The molecule has 9 nitrogen and oxygen atoms in total. The highest BCUT2D eigenvalue weighted by molar-refractivity contribution is 7.92. The number of rotatable bonds is 12. The maximum Gasteiger partial charge on any atom is 0.244 e. The van der Waals surface area contributed by atoms with Gasteiger partial charge in [-0.3, -0.25) is 13.9 Å². The fourth-order valence-electron chi connectivity index (χ4n) is 3.40. The van der Waals surface area contributed by atoms with Crippen LogP contribution in [-0.2, 0) is 26.2 Å². The van der Waals surface area contributed by atoms with E-state index in [4.69, 9.17) is 21.1 Å². The van der Waals surface area contributed by atoms with E-state index in [2.05, 4.69) is 5.32 Å².